The van der Waals surface area contributed by atoms with Crippen LogP contribution < -0.4 is 14.8 Å². The number of hydrogen-bond donors (Lipinski definition) is 1. The normalized spacial score (nSPS) is 24.1. The quantitative estimate of drug-likeness (QED) is 0.759. The number of ether oxygens (including phenoxy) is 2. The molecule has 3 nitrogen and oxygen atoms in total. The van der Waals surface area contributed by atoms with E-state index >= 15 is 0 Å². The summed E-state index contributed by atoms with van der Waals surface area (Å²) in [5.74, 6) is 1.84. The van der Waals surface area contributed by atoms with Gasteiger partial charge in [0.25, 0.3) is 0 Å². The van der Waals surface area contributed by atoms with Crippen molar-refractivity contribution >= 4 is 0 Å². The van der Waals surface area contributed by atoms with E-state index in [0.717, 1.165) is 18.0 Å². The van der Waals surface area contributed by atoms with Crippen molar-refractivity contribution in [1.82, 2.24) is 5.32 Å². The van der Waals surface area contributed by atoms with Crippen LogP contribution in [0.15, 0.2) is 18.2 Å². The van der Waals surface area contributed by atoms with Crippen molar-refractivity contribution in [2.24, 2.45) is 0 Å². The molecule has 0 radical (unpaired) electrons. The van der Waals surface area contributed by atoms with Gasteiger partial charge in [0.1, 0.15) is 13.2 Å². The second kappa shape index (κ2) is 3.74. The molecule has 3 rings (SSSR count). The van der Waals surface area contributed by atoms with Gasteiger partial charge in [-0.25, -0.2) is 0 Å². The number of para-hydroxylation sites is 1. The summed E-state index contributed by atoms with van der Waals surface area (Å²) in [6.07, 6.45) is 2.44. The van der Waals surface area contributed by atoms with Gasteiger partial charge in [0.05, 0.1) is 0 Å². The van der Waals surface area contributed by atoms with E-state index < -0.39 is 0 Å². The van der Waals surface area contributed by atoms with E-state index in [2.05, 4.69) is 11.4 Å². The van der Waals surface area contributed by atoms with Crippen LogP contribution in [0.4, 0.5) is 0 Å². The van der Waals surface area contributed by atoms with Crippen LogP contribution in [0.2, 0.25) is 0 Å². The Morgan fingerprint density at radius 3 is 3.00 bits per heavy atom. The average molecular weight is 205 g/mol. The fraction of sp³-hybridized carbons (Fsp3) is 0.500. The fourth-order valence-corrected chi connectivity index (χ4v) is 2.32. The Bertz CT molecular complexity index is 359. The van der Waals surface area contributed by atoms with Gasteiger partial charge in [-0.15, -0.1) is 0 Å². The summed E-state index contributed by atoms with van der Waals surface area (Å²) in [6.45, 7) is 2.43. The van der Waals surface area contributed by atoms with Crippen LogP contribution in [0.25, 0.3) is 0 Å². The molecule has 0 amide bonds. The molecular weight excluding hydrogens is 190 g/mol. The molecule has 2 heterocycles. The molecule has 0 saturated carbocycles. The molecule has 0 bridgehead atoms. The van der Waals surface area contributed by atoms with Gasteiger partial charge in [0.15, 0.2) is 11.5 Å². The van der Waals surface area contributed by atoms with Crippen molar-refractivity contribution in [2.45, 2.75) is 18.9 Å². The first-order valence-corrected chi connectivity index (χ1v) is 5.57. The van der Waals surface area contributed by atoms with Crippen LogP contribution in [0.1, 0.15) is 24.4 Å². The van der Waals surface area contributed by atoms with Crippen molar-refractivity contribution in [2.75, 3.05) is 19.8 Å². The summed E-state index contributed by atoms with van der Waals surface area (Å²) in [5, 5.41) is 3.49. The Labute approximate surface area is 89.4 Å². The molecule has 1 aromatic rings. The predicted octanol–water partition coefficient (Wildman–Crippen LogP) is 1.88. The largest absolute Gasteiger partial charge is 0.486 e. The topological polar surface area (TPSA) is 30.5 Å². The zero-order valence-corrected chi connectivity index (χ0v) is 8.66. The summed E-state index contributed by atoms with van der Waals surface area (Å²) in [5.41, 5.74) is 1.25. The third-order valence-corrected chi connectivity index (χ3v) is 3.03. The third kappa shape index (κ3) is 1.57. The van der Waals surface area contributed by atoms with Crippen LogP contribution >= 0.6 is 0 Å². The van der Waals surface area contributed by atoms with E-state index in [0.29, 0.717) is 19.3 Å². The van der Waals surface area contributed by atoms with E-state index in [9.17, 15) is 0 Å². The minimum Gasteiger partial charge on any atom is -0.486 e. The van der Waals surface area contributed by atoms with Crippen LogP contribution in [-0.2, 0) is 0 Å². The molecule has 3 heteroatoms. The van der Waals surface area contributed by atoms with Gasteiger partial charge in [0, 0.05) is 11.6 Å². The lowest BCUT2D eigenvalue weighted by Crippen LogP contribution is -2.19. The summed E-state index contributed by atoms with van der Waals surface area (Å²) in [7, 11) is 0. The van der Waals surface area contributed by atoms with Crippen molar-refractivity contribution in [3.8, 4) is 11.5 Å². The zero-order chi connectivity index (χ0) is 10.1. The van der Waals surface area contributed by atoms with Crippen LogP contribution in [0.3, 0.4) is 0 Å². The van der Waals surface area contributed by atoms with Crippen LogP contribution in [0.5, 0.6) is 11.5 Å². The number of nitrogens with one attached hydrogen (secondary N) is 1. The van der Waals surface area contributed by atoms with E-state index in [4.69, 9.17) is 9.47 Å². The number of fused-ring (bicyclic) bond motifs is 1. The number of benzene rings is 1. The first-order valence-electron chi connectivity index (χ1n) is 5.57. The molecule has 0 unspecified atom stereocenters. The van der Waals surface area contributed by atoms with Gasteiger partial charge in [-0.3, -0.25) is 0 Å². The molecule has 1 aromatic carbocycles. The molecule has 80 valence electrons. The molecular formula is C12H15NO2. The van der Waals surface area contributed by atoms with Crippen LogP contribution in [-0.4, -0.2) is 19.8 Å². The van der Waals surface area contributed by atoms with E-state index in [1.165, 1.54) is 18.4 Å². The Kier molecular flexibility index (Phi) is 2.25. The highest BCUT2D eigenvalue weighted by Crippen LogP contribution is 2.39. The fourth-order valence-electron chi connectivity index (χ4n) is 2.32. The lowest BCUT2D eigenvalue weighted by atomic mass is 10.0. The monoisotopic (exact) mass is 205 g/mol. The van der Waals surface area contributed by atoms with Gasteiger partial charge >= 0.3 is 0 Å². The first kappa shape index (κ1) is 9.04. The predicted molar refractivity (Wildman–Crippen MR) is 57.4 cm³/mol. The molecule has 0 spiro atoms. The molecule has 0 aromatic heterocycles. The zero-order valence-electron chi connectivity index (χ0n) is 8.66. The molecule has 2 aliphatic heterocycles. The molecule has 2 aliphatic rings. The van der Waals surface area contributed by atoms with Gasteiger partial charge in [-0.05, 0) is 25.5 Å². The summed E-state index contributed by atoms with van der Waals surface area (Å²) in [6, 6.07) is 6.60. The second-order valence-corrected chi connectivity index (χ2v) is 4.02. The average Bonchev–Trinajstić information content (AvgIpc) is 2.82. The maximum Gasteiger partial charge on any atom is 0.166 e. The first-order chi connectivity index (χ1) is 7.45. The Morgan fingerprint density at radius 2 is 2.13 bits per heavy atom. The summed E-state index contributed by atoms with van der Waals surface area (Å²) >= 11 is 0. The Morgan fingerprint density at radius 1 is 1.20 bits per heavy atom. The number of rotatable bonds is 1. The lowest BCUT2D eigenvalue weighted by molar-refractivity contribution is 0.169. The van der Waals surface area contributed by atoms with Gasteiger partial charge in [-0.2, -0.15) is 0 Å². The molecule has 1 fully saturated rings. The SMILES string of the molecule is c1cc2c(c([C@H]3CCCN3)c1)OCCO2. The Hall–Kier alpha value is -1.22. The van der Waals surface area contributed by atoms with Crippen molar-refractivity contribution < 1.29 is 9.47 Å². The van der Waals surface area contributed by atoms with Gasteiger partial charge < -0.3 is 14.8 Å². The minimum atomic E-state index is 0.446. The second-order valence-electron chi connectivity index (χ2n) is 4.02. The third-order valence-electron chi connectivity index (χ3n) is 3.03. The summed E-state index contributed by atoms with van der Waals surface area (Å²) < 4.78 is 11.3. The molecule has 15 heavy (non-hydrogen) atoms. The highest BCUT2D eigenvalue weighted by Gasteiger charge is 2.23. The smallest absolute Gasteiger partial charge is 0.166 e. The standard InChI is InChI=1S/C12H15NO2/c1-3-9(10-4-2-6-13-10)12-11(5-1)14-7-8-15-12/h1,3,5,10,13H,2,4,6-8H2/t10-/m1/s1. The van der Waals surface area contributed by atoms with E-state index in [-0.39, 0.29) is 0 Å². The molecule has 1 N–H and O–H groups in total. The maximum atomic E-state index is 5.70. The maximum absolute atomic E-state index is 5.70. The van der Waals surface area contributed by atoms with Gasteiger partial charge in [-0.1, -0.05) is 12.1 Å². The van der Waals surface area contributed by atoms with Gasteiger partial charge in [0.2, 0.25) is 0 Å². The molecule has 0 aliphatic carbocycles. The van der Waals surface area contributed by atoms with E-state index in [1.54, 1.807) is 0 Å². The van der Waals surface area contributed by atoms with Crippen molar-refractivity contribution in [3.05, 3.63) is 23.8 Å². The minimum absolute atomic E-state index is 0.446. The number of hydrogen-bond acceptors (Lipinski definition) is 3. The molecule has 1 saturated heterocycles. The van der Waals surface area contributed by atoms with E-state index in [1.807, 2.05) is 12.1 Å². The highest BCUT2D eigenvalue weighted by atomic mass is 16.6. The van der Waals surface area contributed by atoms with Crippen molar-refractivity contribution in [3.63, 3.8) is 0 Å². The highest BCUT2D eigenvalue weighted by molar-refractivity contribution is 5.49. The lowest BCUT2D eigenvalue weighted by Gasteiger charge is -2.23. The van der Waals surface area contributed by atoms with Crippen LogP contribution in [0, 0.1) is 0 Å². The van der Waals surface area contributed by atoms with Crippen molar-refractivity contribution in [1.29, 1.82) is 0 Å². The summed E-state index contributed by atoms with van der Waals surface area (Å²) in [4.78, 5) is 0. The Balaban J connectivity index is 1.99. The molecule has 1 atom stereocenters.